The topological polar surface area (TPSA) is 76.6 Å². The summed E-state index contributed by atoms with van der Waals surface area (Å²) in [5.41, 5.74) is 3.21. The minimum absolute atomic E-state index is 0.129. The number of fused-ring (bicyclic) bond motifs is 3. The van der Waals surface area contributed by atoms with Gasteiger partial charge in [0.25, 0.3) is 5.56 Å². The molecule has 0 bridgehead atoms. The molecule has 2 unspecified atom stereocenters. The fourth-order valence-electron chi connectivity index (χ4n) is 4.94. The number of aromatic nitrogens is 3. The van der Waals surface area contributed by atoms with Gasteiger partial charge in [-0.2, -0.15) is 0 Å². The molecule has 34 heavy (non-hydrogen) atoms. The molecular weight excluding hydrogens is 434 g/mol. The van der Waals surface area contributed by atoms with Crippen molar-refractivity contribution < 1.29 is 14.2 Å². The second-order valence-electron chi connectivity index (χ2n) is 8.58. The van der Waals surface area contributed by atoms with Crippen molar-refractivity contribution >= 4 is 10.9 Å². The van der Waals surface area contributed by atoms with Crippen LogP contribution in [0.1, 0.15) is 24.3 Å². The second-order valence-corrected chi connectivity index (χ2v) is 8.58. The highest BCUT2D eigenvalue weighted by molar-refractivity contribution is 5.96. The summed E-state index contributed by atoms with van der Waals surface area (Å²) in [6.07, 6.45) is -0.642. The maximum atomic E-state index is 13.5. The first-order chi connectivity index (χ1) is 16.4. The van der Waals surface area contributed by atoms with Crippen molar-refractivity contribution in [3.8, 4) is 22.8 Å². The molecule has 0 spiro atoms. The number of methoxy groups -OCH3 is 2. The SMILES string of the molecule is COc1ccc(C2OC(C)Cn3c(-c4ccccc4)c4c(=O)n(C)c(=O)n(C)c4c32)cc1OC. The summed E-state index contributed by atoms with van der Waals surface area (Å²) >= 11 is 0. The molecular formula is C26H27N3O5. The molecule has 4 aromatic rings. The molecule has 5 rings (SSSR count). The van der Waals surface area contributed by atoms with E-state index in [-0.39, 0.29) is 17.4 Å². The Bertz CT molecular complexity index is 1510. The highest BCUT2D eigenvalue weighted by Gasteiger charge is 2.35. The molecule has 3 heterocycles. The van der Waals surface area contributed by atoms with Crippen LogP contribution in [0.2, 0.25) is 0 Å². The van der Waals surface area contributed by atoms with E-state index in [1.54, 1.807) is 25.8 Å². The predicted molar refractivity (Wildman–Crippen MR) is 130 cm³/mol. The summed E-state index contributed by atoms with van der Waals surface area (Å²) in [5.74, 6) is 1.19. The van der Waals surface area contributed by atoms with Gasteiger partial charge in [-0.05, 0) is 30.2 Å². The third-order valence-electron chi connectivity index (χ3n) is 6.52. The van der Waals surface area contributed by atoms with Crippen LogP contribution < -0.4 is 20.7 Å². The van der Waals surface area contributed by atoms with Crippen LogP contribution >= 0.6 is 0 Å². The first-order valence-corrected chi connectivity index (χ1v) is 11.1. The zero-order valence-electron chi connectivity index (χ0n) is 19.9. The fraction of sp³-hybridized carbons (Fsp3) is 0.308. The van der Waals surface area contributed by atoms with Crippen molar-refractivity contribution in [3.63, 3.8) is 0 Å². The Labute approximate surface area is 196 Å². The number of ether oxygens (including phenoxy) is 3. The molecule has 8 nitrogen and oxygen atoms in total. The molecule has 2 aromatic carbocycles. The van der Waals surface area contributed by atoms with Gasteiger partial charge in [-0.25, -0.2) is 4.79 Å². The molecule has 0 aliphatic carbocycles. The van der Waals surface area contributed by atoms with Crippen LogP contribution in [-0.2, 0) is 25.4 Å². The highest BCUT2D eigenvalue weighted by atomic mass is 16.5. The van der Waals surface area contributed by atoms with Gasteiger partial charge in [-0.1, -0.05) is 36.4 Å². The summed E-state index contributed by atoms with van der Waals surface area (Å²) in [6, 6.07) is 15.4. The first kappa shape index (κ1) is 22.0. The predicted octanol–water partition coefficient (Wildman–Crippen LogP) is 3.23. The molecule has 2 aromatic heterocycles. The molecule has 2 atom stereocenters. The molecule has 1 aliphatic heterocycles. The lowest BCUT2D eigenvalue weighted by Crippen LogP contribution is -2.37. The Morgan fingerprint density at radius 3 is 2.32 bits per heavy atom. The maximum Gasteiger partial charge on any atom is 0.331 e. The number of nitrogens with zero attached hydrogens (tertiary/aromatic N) is 3. The normalized spacial score (nSPS) is 17.6. The maximum absolute atomic E-state index is 13.5. The number of aryl methyl sites for hydroxylation is 1. The Morgan fingerprint density at radius 1 is 0.941 bits per heavy atom. The minimum Gasteiger partial charge on any atom is -0.493 e. The third kappa shape index (κ3) is 3.17. The standard InChI is InChI=1S/C26H27N3O5/c1-15-14-29-21(16-9-7-6-8-10-16)20-22(27(2)26(31)28(3)25(20)30)23(29)24(34-15)17-11-12-18(32-4)19(13-17)33-5/h6-13,15,24H,14H2,1-5H3. The van der Waals surface area contributed by atoms with Gasteiger partial charge in [0.15, 0.2) is 11.5 Å². The lowest BCUT2D eigenvalue weighted by atomic mass is 10.0. The summed E-state index contributed by atoms with van der Waals surface area (Å²) < 4.78 is 22.2. The second kappa shape index (κ2) is 8.22. The quantitative estimate of drug-likeness (QED) is 0.466. The van der Waals surface area contributed by atoms with Crippen molar-refractivity contribution in [2.45, 2.75) is 25.7 Å². The van der Waals surface area contributed by atoms with Crippen LogP contribution in [-0.4, -0.2) is 34.0 Å². The average Bonchev–Trinajstić information content (AvgIpc) is 3.20. The van der Waals surface area contributed by atoms with Crippen LogP contribution in [0.25, 0.3) is 22.2 Å². The van der Waals surface area contributed by atoms with E-state index in [0.717, 1.165) is 27.1 Å². The van der Waals surface area contributed by atoms with Gasteiger partial charge in [0.2, 0.25) is 0 Å². The molecule has 8 heteroatoms. The molecule has 0 saturated carbocycles. The number of hydrogen-bond acceptors (Lipinski definition) is 5. The lowest BCUT2D eigenvalue weighted by Gasteiger charge is -2.32. The summed E-state index contributed by atoms with van der Waals surface area (Å²) in [5, 5.41) is 0.508. The fourth-order valence-corrected chi connectivity index (χ4v) is 4.94. The zero-order valence-corrected chi connectivity index (χ0v) is 19.9. The molecule has 0 fully saturated rings. The Kier molecular flexibility index (Phi) is 5.32. The third-order valence-corrected chi connectivity index (χ3v) is 6.52. The van der Waals surface area contributed by atoms with E-state index < -0.39 is 6.10 Å². The molecule has 0 amide bonds. The van der Waals surface area contributed by atoms with Gasteiger partial charge in [0.05, 0.1) is 42.6 Å². The van der Waals surface area contributed by atoms with Gasteiger partial charge in [-0.3, -0.25) is 13.9 Å². The van der Waals surface area contributed by atoms with E-state index >= 15 is 0 Å². The highest BCUT2D eigenvalue weighted by Crippen LogP contribution is 2.43. The van der Waals surface area contributed by atoms with Crippen molar-refractivity contribution in [3.05, 3.63) is 80.6 Å². The van der Waals surface area contributed by atoms with E-state index in [1.807, 2.05) is 55.5 Å². The summed E-state index contributed by atoms with van der Waals surface area (Å²) in [6.45, 7) is 2.56. The van der Waals surface area contributed by atoms with E-state index in [0.29, 0.717) is 28.9 Å². The van der Waals surface area contributed by atoms with Crippen molar-refractivity contribution in [1.82, 2.24) is 13.7 Å². The van der Waals surface area contributed by atoms with Crippen LogP contribution in [0.3, 0.4) is 0 Å². The van der Waals surface area contributed by atoms with Crippen LogP contribution in [0.5, 0.6) is 11.5 Å². The number of rotatable bonds is 4. The largest absolute Gasteiger partial charge is 0.493 e. The minimum atomic E-state index is -0.513. The molecule has 1 aliphatic rings. The Hall–Kier alpha value is -3.78. The lowest BCUT2D eigenvalue weighted by molar-refractivity contribution is -0.0143. The smallest absolute Gasteiger partial charge is 0.331 e. The van der Waals surface area contributed by atoms with Gasteiger partial charge in [-0.15, -0.1) is 0 Å². The average molecular weight is 462 g/mol. The van der Waals surface area contributed by atoms with Gasteiger partial charge in [0.1, 0.15) is 6.10 Å². The van der Waals surface area contributed by atoms with Crippen molar-refractivity contribution in [2.24, 2.45) is 14.1 Å². The van der Waals surface area contributed by atoms with E-state index in [1.165, 1.54) is 7.05 Å². The summed E-state index contributed by atoms with van der Waals surface area (Å²) in [7, 11) is 6.39. The molecule has 0 N–H and O–H groups in total. The van der Waals surface area contributed by atoms with Crippen molar-refractivity contribution in [2.75, 3.05) is 14.2 Å². The van der Waals surface area contributed by atoms with E-state index in [9.17, 15) is 9.59 Å². The zero-order chi connectivity index (χ0) is 24.1. The van der Waals surface area contributed by atoms with E-state index in [2.05, 4.69) is 4.57 Å². The van der Waals surface area contributed by atoms with Gasteiger partial charge in [0, 0.05) is 20.6 Å². The monoisotopic (exact) mass is 461 g/mol. The molecule has 176 valence electrons. The van der Waals surface area contributed by atoms with Crippen LogP contribution in [0.15, 0.2) is 58.1 Å². The van der Waals surface area contributed by atoms with Crippen LogP contribution in [0, 0.1) is 0 Å². The van der Waals surface area contributed by atoms with Gasteiger partial charge >= 0.3 is 5.69 Å². The number of benzene rings is 2. The Balaban J connectivity index is 1.91. The van der Waals surface area contributed by atoms with Gasteiger partial charge < -0.3 is 18.8 Å². The Morgan fingerprint density at radius 2 is 1.65 bits per heavy atom. The van der Waals surface area contributed by atoms with Crippen molar-refractivity contribution in [1.29, 1.82) is 0 Å². The van der Waals surface area contributed by atoms with Crippen LogP contribution in [0.4, 0.5) is 0 Å². The first-order valence-electron chi connectivity index (χ1n) is 11.1. The molecule has 0 saturated heterocycles. The van der Waals surface area contributed by atoms with E-state index in [4.69, 9.17) is 14.2 Å². The molecule has 0 radical (unpaired) electrons. The number of hydrogen-bond donors (Lipinski definition) is 0. The summed E-state index contributed by atoms with van der Waals surface area (Å²) in [4.78, 5) is 26.4.